The van der Waals surface area contributed by atoms with Crippen molar-refractivity contribution in [1.82, 2.24) is 25.4 Å². The lowest BCUT2D eigenvalue weighted by atomic mass is 10.1. The summed E-state index contributed by atoms with van der Waals surface area (Å²) in [6.45, 7) is 8.75. The number of hydrogen-bond donors (Lipinski definition) is 2. The van der Waals surface area contributed by atoms with Gasteiger partial charge < -0.3 is 19.9 Å². The number of guanidine groups is 1. The third-order valence-corrected chi connectivity index (χ3v) is 3.82. The molecule has 0 saturated heterocycles. The standard InChI is InChI=1S/C18H28N6O/c1-5-19-18(21-13-17-23-22-14(3)24(17)4)20-11-10-15-8-7-9-16(12-15)25-6-2/h7-9,12H,5-6,10-11,13H2,1-4H3,(H2,19,20,21). The number of benzene rings is 1. The minimum Gasteiger partial charge on any atom is -0.494 e. The lowest BCUT2D eigenvalue weighted by molar-refractivity contribution is 0.340. The van der Waals surface area contributed by atoms with Crippen molar-refractivity contribution < 1.29 is 4.74 Å². The topological polar surface area (TPSA) is 76.4 Å². The van der Waals surface area contributed by atoms with Crippen LogP contribution in [0.1, 0.15) is 31.1 Å². The average molecular weight is 344 g/mol. The molecule has 0 aliphatic rings. The van der Waals surface area contributed by atoms with E-state index in [1.165, 1.54) is 5.56 Å². The Balaban J connectivity index is 1.89. The number of aryl methyl sites for hydroxylation is 1. The van der Waals surface area contributed by atoms with E-state index in [-0.39, 0.29) is 0 Å². The Labute approximate surface area is 149 Å². The zero-order valence-corrected chi connectivity index (χ0v) is 15.5. The fraction of sp³-hybridized carbons (Fsp3) is 0.500. The Morgan fingerprint density at radius 3 is 2.76 bits per heavy atom. The molecule has 0 spiro atoms. The van der Waals surface area contributed by atoms with Crippen LogP contribution in [-0.4, -0.2) is 40.4 Å². The minimum absolute atomic E-state index is 0.493. The van der Waals surface area contributed by atoms with Crippen molar-refractivity contribution in [2.24, 2.45) is 12.0 Å². The van der Waals surface area contributed by atoms with Crippen molar-refractivity contribution in [3.8, 4) is 5.75 Å². The van der Waals surface area contributed by atoms with Crippen LogP contribution in [0.15, 0.2) is 29.3 Å². The van der Waals surface area contributed by atoms with Gasteiger partial charge in [0.2, 0.25) is 0 Å². The van der Waals surface area contributed by atoms with Crippen molar-refractivity contribution in [2.75, 3.05) is 19.7 Å². The first-order valence-electron chi connectivity index (χ1n) is 8.72. The fourth-order valence-electron chi connectivity index (χ4n) is 2.36. The van der Waals surface area contributed by atoms with Gasteiger partial charge in [0.05, 0.1) is 6.61 Å². The van der Waals surface area contributed by atoms with Crippen molar-refractivity contribution in [2.45, 2.75) is 33.7 Å². The number of rotatable bonds is 8. The number of ether oxygens (including phenoxy) is 1. The van der Waals surface area contributed by atoms with Crippen LogP contribution in [-0.2, 0) is 20.0 Å². The van der Waals surface area contributed by atoms with E-state index < -0.39 is 0 Å². The monoisotopic (exact) mass is 344 g/mol. The van der Waals surface area contributed by atoms with Gasteiger partial charge in [-0.3, -0.25) is 0 Å². The molecule has 1 aromatic carbocycles. The first-order chi connectivity index (χ1) is 12.1. The summed E-state index contributed by atoms with van der Waals surface area (Å²) in [5, 5.41) is 14.8. The summed E-state index contributed by atoms with van der Waals surface area (Å²) in [4.78, 5) is 4.58. The SMILES string of the molecule is CCNC(=NCc1nnc(C)n1C)NCCc1cccc(OCC)c1. The van der Waals surface area contributed by atoms with Crippen molar-refractivity contribution >= 4 is 5.96 Å². The van der Waals surface area contributed by atoms with E-state index in [2.05, 4.69) is 44.9 Å². The lowest BCUT2D eigenvalue weighted by Crippen LogP contribution is -2.38. The van der Waals surface area contributed by atoms with Crippen LogP contribution >= 0.6 is 0 Å². The van der Waals surface area contributed by atoms with Crippen molar-refractivity contribution in [1.29, 1.82) is 0 Å². The maximum absolute atomic E-state index is 5.54. The van der Waals surface area contributed by atoms with E-state index in [9.17, 15) is 0 Å². The molecule has 1 heterocycles. The van der Waals surface area contributed by atoms with E-state index in [0.717, 1.165) is 42.9 Å². The van der Waals surface area contributed by atoms with Crippen LogP contribution in [0.3, 0.4) is 0 Å². The third-order valence-electron chi connectivity index (χ3n) is 3.82. The molecule has 136 valence electrons. The third kappa shape index (κ3) is 5.77. The van der Waals surface area contributed by atoms with Gasteiger partial charge in [0.25, 0.3) is 0 Å². The van der Waals surface area contributed by atoms with Gasteiger partial charge in [-0.1, -0.05) is 12.1 Å². The predicted octanol–water partition coefficient (Wildman–Crippen LogP) is 1.82. The number of hydrogen-bond acceptors (Lipinski definition) is 4. The van der Waals surface area contributed by atoms with Crippen molar-refractivity contribution in [3.05, 3.63) is 41.5 Å². The van der Waals surface area contributed by atoms with Gasteiger partial charge >= 0.3 is 0 Å². The molecular formula is C18H28N6O. The van der Waals surface area contributed by atoms with Gasteiger partial charge in [-0.15, -0.1) is 10.2 Å². The highest BCUT2D eigenvalue weighted by atomic mass is 16.5. The summed E-state index contributed by atoms with van der Waals surface area (Å²) in [6.07, 6.45) is 0.897. The van der Waals surface area contributed by atoms with Crippen molar-refractivity contribution in [3.63, 3.8) is 0 Å². The van der Waals surface area contributed by atoms with E-state index in [1.807, 2.05) is 37.6 Å². The summed E-state index contributed by atoms with van der Waals surface area (Å²) in [6, 6.07) is 8.19. The van der Waals surface area contributed by atoms with E-state index in [4.69, 9.17) is 4.74 Å². The highest BCUT2D eigenvalue weighted by Gasteiger charge is 2.05. The Kier molecular flexibility index (Phi) is 7.25. The van der Waals surface area contributed by atoms with Crippen LogP contribution in [0.4, 0.5) is 0 Å². The second-order valence-electron chi connectivity index (χ2n) is 5.67. The average Bonchev–Trinajstić information content (AvgIpc) is 2.92. The zero-order chi connectivity index (χ0) is 18.1. The van der Waals surface area contributed by atoms with Crippen LogP contribution in [0, 0.1) is 6.92 Å². The van der Waals surface area contributed by atoms with Gasteiger partial charge in [0.1, 0.15) is 18.1 Å². The van der Waals surface area contributed by atoms with Gasteiger partial charge in [0.15, 0.2) is 11.8 Å². The molecule has 0 aliphatic heterocycles. The summed E-state index contributed by atoms with van der Waals surface area (Å²) in [7, 11) is 1.95. The van der Waals surface area contributed by atoms with Gasteiger partial charge in [-0.25, -0.2) is 4.99 Å². The Morgan fingerprint density at radius 1 is 1.24 bits per heavy atom. The van der Waals surface area contributed by atoms with Gasteiger partial charge in [-0.2, -0.15) is 0 Å². The van der Waals surface area contributed by atoms with E-state index >= 15 is 0 Å². The molecule has 7 heteroatoms. The molecule has 0 atom stereocenters. The first-order valence-corrected chi connectivity index (χ1v) is 8.72. The molecule has 0 unspecified atom stereocenters. The van der Waals surface area contributed by atoms with Gasteiger partial charge in [0, 0.05) is 20.1 Å². The predicted molar refractivity (Wildman–Crippen MR) is 99.9 cm³/mol. The molecule has 7 nitrogen and oxygen atoms in total. The molecule has 1 aromatic heterocycles. The molecule has 0 amide bonds. The summed E-state index contributed by atoms with van der Waals surface area (Å²) in [5.74, 6) is 3.43. The number of aliphatic imine (C=N–C) groups is 1. The van der Waals surface area contributed by atoms with E-state index in [1.54, 1.807) is 0 Å². The zero-order valence-electron chi connectivity index (χ0n) is 15.5. The highest BCUT2D eigenvalue weighted by Crippen LogP contribution is 2.13. The largest absolute Gasteiger partial charge is 0.494 e. The Bertz CT molecular complexity index is 695. The minimum atomic E-state index is 0.493. The van der Waals surface area contributed by atoms with E-state index in [0.29, 0.717) is 13.2 Å². The smallest absolute Gasteiger partial charge is 0.191 e. The molecule has 25 heavy (non-hydrogen) atoms. The maximum Gasteiger partial charge on any atom is 0.191 e. The second kappa shape index (κ2) is 9.66. The molecular weight excluding hydrogens is 316 g/mol. The molecule has 2 aromatic rings. The molecule has 2 rings (SSSR count). The molecule has 0 saturated carbocycles. The van der Waals surface area contributed by atoms with Crippen LogP contribution in [0.2, 0.25) is 0 Å². The normalized spacial score (nSPS) is 11.4. The summed E-state index contributed by atoms with van der Waals surface area (Å²) >= 11 is 0. The summed E-state index contributed by atoms with van der Waals surface area (Å²) in [5.41, 5.74) is 1.23. The first kappa shape index (κ1) is 18.8. The lowest BCUT2D eigenvalue weighted by Gasteiger charge is -2.12. The van der Waals surface area contributed by atoms with Crippen LogP contribution in [0.25, 0.3) is 0 Å². The maximum atomic E-state index is 5.54. The van der Waals surface area contributed by atoms with Crippen LogP contribution in [0.5, 0.6) is 5.75 Å². The fourth-order valence-corrected chi connectivity index (χ4v) is 2.36. The quantitative estimate of drug-likeness (QED) is 0.564. The number of aromatic nitrogens is 3. The van der Waals surface area contributed by atoms with Gasteiger partial charge in [-0.05, 0) is 44.9 Å². The molecule has 0 fully saturated rings. The second-order valence-corrected chi connectivity index (χ2v) is 5.67. The number of nitrogens with zero attached hydrogens (tertiary/aromatic N) is 4. The summed E-state index contributed by atoms with van der Waals surface area (Å²) < 4.78 is 7.49. The molecule has 0 bridgehead atoms. The Hall–Kier alpha value is -2.57. The highest BCUT2D eigenvalue weighted by molar-refractivity contribution is 5.79. The molecule has 0 aliphatic carbocycles. The number of nitrogens with one attached hydrogen (secondary N) is 2. The Morgan fingerprint density at radius 2 is 2.08 bits per heavy atom. The molecule has 2 N–H and O–H groups in total. The van der Waals surface area contributed by atoms with Crippen LogP contribution < -0.4 is 15.4 Å². The molecule has 0 radical (unpaired) electrons.